The monoisotopic (exact) mass is 610 g/mol. The van der Waals surface area contributed by atoms with E-state index in [1.54, 1.807) is 28.3 Å². The number of hydrogen-bond donors (Lipinski definition) is 2. The zero-order chi connectivity index (χ0) is 31.2. The van der Waals surface area contributed by atoms with Crippen molar-refractivity contribution in [3.05, 3.63) is 53.6 Å². The van der Waals surface area contributed by atoms with Crippen LogP contribution in [-0.4, -0.2) is 102 Å². The number of rotatable bonds is 10. The maximum atomic E-state index is 13.5. The third kappa shape index (κ3) is 7.46. The van der Waals surface area contributed by atoms with Crippen LogP contribution in [0.2, 0.25) is 0 Å². The Bertz CT molecular complexity index is 1270. The lowest BCUT2D eigenvalue weighted by Gasteiger charge is -2.38. The molecule has 0 bridgehead atoms. The van der Waals surface area contributed by atoms with Gasteiger partial charge in [0.15, 0.2) is 0 Å². The number of hydrogen-bond acceptors (Lipinski definition) is 9. The number of anilines is 1. The zero-order valence-electron chi connectivity index (χ0n) is 26.4. The van der Waals surface area contributed by atoms with Crippen LogP contribution in [0.3, 0.4) is 0 Å². The van der Waals surface area contributed by atoms with Gasteiger partial charge in [0.2, 0.25) is 5.91 Å². The summed E-state index contributed by atoms with van der Waals surface area (Å²) in [7, 11) is 6.69. The number of carbonyl (C=O) groups excluding carboxylic acids is 2. The minimum Gasteiger partial charge on any atom is -0.497 e. The first-order chi connectivity index (χ1) is 21.3. The summed E-state index contributed by atoms with van der Waals surface area (Å²) in [5.74, 6) is 1.63. The first-order valence-corrected chi connectivity index (χ1v) is 15.5. The van der Waals surface area contributed by atoms with Gasteiger partial charge < -0.3 is 44.1 Å². The molecule has 3 heterocycles. The highest BCUT2D eigenvalue weighted by Crippen LogP contribution is 2.36. The molecule has 6 atom stereocenters. The van der Waals surface area contributed by atoms with Gasteiger partial charge in [0.1, 0.15) is 30.3 Å². The van der Waals surface area contributed by atoms with E-state index in [1.807, 2.05) is 42.2 Å². The number of carbonyl (C=O) groups is 2. The van der Waals surface area contributed by atoms with Gasteiger partial charge in [-0.3, -0.25) is 4.79 Å². The quantitative estimate of drug-likeness (QED) is 0.419. The molecular weight excluding hydrogens is 564 g/mol. The number of piperidine rings is 1. The molecule has 3 aliphatic heterocycles. The Kier molecular flexibility index (Phi) is 10.6. The summed E-state index contributed by atoms with van der Waals surface area (Å²) >= 11 is 0. The molecule has 3 aliphatic rings. The highest BCUT2D eigenvalue weighted by atomic mass is 16.6. The van der Waals surface area contributed by atoms with Crippen molar-refractivity contribution in [1.82, 2.24) is 15.5 Å². The first kappa shape index (κ1) is 32.0. The lowest BCUT2D eigenvalue weighted by molar-refractivity contribution is -0.123. The fourth-order valence-corrected chi connectivity index (χ4v) is 6.38. The van der Waals surface area contributed by atoms with E-state index in [0.29, 0.717) is 38.5 Å². The minimum atomic E-state index is -0.369. The molecule has 0 aromatic heterocycles. The van der Waals surface area contributed by atoms with Gasteiger partial charge in [0.05, 0.1) is 38.2 Å². The minimum absolute atomic E-state index is 0.00421. The average molecular weight is 611 g/mol. The van der Waals surface area contributed by atoms with E-state index < -0.39 is 0 Å². The molecule has 11 nitrogen and oxygen atoms in total. The molecule has 2 amide bonds. The highest BCUT2D eigenvalue weighted by molar-refractivity contribution is 5.99. The molecule has 0 saturated carbocycles. The number of ether oxygens (including phenoxy) is 5. The van der Waals surface area contributed by atoms with E-state index in [-0.39, 0.29) is 48.3 Å². The van der Waals surface area contributed by atoms with Gasteiger partial charge in [-0.05, 0) is 68.1 Å². The number of nitrogens with one attached hydrogen (secondary N) is 2. The summed E-state index contributed by atoms with van der Waals surface area (Å²) in [5.41, 5.74) is 2.91. The lowest BCUT2D eigenvalue weighted by atomic mass is 9.82. The van der Waals surface area contributed by atoms with Crippen LogP contribution in [0.1, 0.15) is 43.2 Å². The second kappa shape index (κ2) is 14.6. The molecule has 0 aliphatic carbocycles. The van der Waals surface area contributed by atoms with Crippen molar-refractivity contribution < 1.29 is 33.3 Å². The van der Waals surface area contributed by atoms with E-state index >= 15 is 0 Å². The van der Waals surface area contributed by atoms with Crippen molar-refractivity contribution in [2.24, 2.45) is 0 Å². The smallest absolute Gasteiger partial charge is 0.409 e. The van der Waals surface area contributed by atoms with E-state index in [2.05, 4.69) is 22.8 Å². The Balaban J connectivity index is 1.28. The summed E-state index contributed by atoms with van der Waals surface area (Å²) < 4.78 is 29.0. The molecule has 2 aromatic rings. The number of benzene rings is 2. The SMILES string of the molecule is COc1ccc([C@H]2C[C@H](CC(C)OC(=O)N(C)C)NC[C@@H]2OCc2ccc3c(c2)N(C(=O)[C@H]2NCC[C@H]2OC)CCO3)cc1. The third-order valence-electron chi connectivity index (χ3n) is 8.77. The van der Waals surface area contributed by atoms with Crippen LogP contribution in [0, 0.1) is 0 Å². The molecule has 2 fully saturated rings. The lowest BCUT2D eigenvalue weighted by Crippen LogP contribution is -2.51. The fraction of sp³-hybridized carbons (Fsp3) is 0.576. The van der Waals surface area contributed by atoms with Gasteiger partial charge in [0.25, 0.3) is 0 Å². The molecule has 1 unspecified atom stereocenters. The molecule has 240 valence electrons. The van der Waals surface area contributed by atoms with Crippen molar-refractivity contribution in [2.45, 2.75) is 69.1 Å². The van der Waals surface area contributed by atoms with Gasteiger partial charge in [-0.15, -0.1) is 0 Å². The summed E-state index contributed by atoms with van der Waals surface area (Å²) in [6.45, 7) is 4.66. The fourth-order valence-electron chi connectivity index (χ4n) is 6.38. The van der Waals surface area contributed by atoms with Gasteiger partial charge >= 0.3 is 6.09 Å². The van der Waals surface area contributed by atoms with Crippen LogP contribution in [0.5, 0.6) is 11.5 Å². The number of methoxy groups -OCH3 is 2. The standard InChI is InChI=1S/C33H46N4O7/c1-21(44-33(39)36(2)3)16-24-18-26(23-7-9-25(40-4)10-8-23)30(19-35-24)43-20-22-6-11-28-27(17-22)37(14-15-42-28)32(38)31-29(41-5)12-13-34-31/h6-11,17,21,24,26,29-31,34-35H,12-16,18-20H2,1-5H3/t21?,24-,26+,29+,30-,31-/m0/s1. The maximum Gasteiger partial charge on any atom is 0.409 e. The van der Waals surface area contributed by atoms with Crippen LogP contribution >= 0.6 is 0 Å². The van der Waals surface area contributed by atoms with Gasteiger partial charge in [-0.2, -0.15) is 0 Å². The number of nitrogens with zero attached hydrogens (tertiary/aromatic N) is 2. The second-order valence-electron chi connectivity index (χ2n) is 12.0. The van der Waals surface area contributed by atoms with Crippen LogP contribution in [-0.2, 0) is 25.6 Å². The first-order valence-electron chi connectivity index (χ1n) is 15.5. The predicted molar refractivity (Wildman–Crippen MR) is 166 cm³/mol. The Morgan fingerprint density at radius 2 is 1.89 bits per heavy atom. The summed E-state index contributed by atoms with van der Waals surface area (Å²) in [4.78, 5) is 28.9. The Hall–Kier alpha value is -3.38. The van der Waals surface area contributed by atoms with E-state index in [0.717, 1.165) is 36.4 Å². The van der Waals surface area contributed by atoms with E-state index in [1.165, 1.54) is 10.5 Å². The van der Waals surface area contributed by atoms with Crippen molar-refractivity contribution >= 4 is 17.7 Å². The number of fused-ring (bicyclic) bond motifs is 1. The Labute approximate surface area is 260 Å². The summed E-state index contributed by atoms with van der Waals surface area (Å²) in [6, 6.07) is 13.9. The maximum absolute atomic E-state index is 13.5. The molecule has 2 aromatic carbocycles. The molecule has 44 heavy (non-hydrogen) atoms. The van der Waals surface area contributed by atoms with Gasteiger partial charge in [-0.1, -0.05) is 18.2 Å². The highest BCUT2D eigenvalue weighted by Gasteiger charge is 2.38. The molecular formula is C33H46N4O7. The van der Waals surface area contributed by atoms with Crippen molar-refractivity contribution in [3.8, 4) is 11.5 Å². The summed E-state index contributed by atoms with van der Waals surface area (Å²) in [5, 5.41) is 6.93. The second-order valence-corrected chi connectivity index (χ2v) is 12.0. The molecule has 2 N–H and O–H groups in total. The molecule has 11 heteroatoms. The predicted octanol–water partition coefficient (Wildman–Crippen LogP) is 3.31. The average Bonchev–Trinajstić information content (AvgIpc) is 3.52. The molecule has 0 spiro atoms. The van der Waals surface area contributed by atoms with Crippen molar-refractivity contribution in [2.75, 3.05) is 59.5 Å². The largest absolute Gasteiger partial charge is 0.497 e. The van der Waals surface area contributed by atoms with Gasteiger partial charge in [0, 0.05) is 39.7 Å². The zero-order valence-corrected chi connectivity index (χ0v) is 26.4. The van der Waals surface area contributed by atoms with E-state index in [9.17, 15) is 9.59 Å². The van der Waals surface area contributed by atoms with Gasteiger partial charge in [-0.25, -0.2) is 4.79 Å². The van der Waals surface area contributed by atoms with Crippen LogP contribution in [0.25, 0.3) is 0 Å². The molecule has 5 rings (SSSR count). The van der Waals surface area contributed by atoms with Crippen molar-refractivity contribution in [3.63, 3.8) is 0 Å². The Morgan fingerprint density at radius 3 is 2.61 bits per heavy atom. The van der Waals surface area contributed by atoms with Crippen LogP contribution in [0.4, 0.5) is 10.5 Å². The third-order valence-corrected chi connectivity index (χ3v) is 8.77. The Morgan fingerprint density at radius 1 is 1.09 bits per heavy atom. The van der Waals surface area contributed by atoms with Crippen LogP contribution < -0.4 is 25.0 Å². The summed E-state index contributed by atoms with van der Waals surface area (Å²) in [6.07, 6.45) is 1.55. The van der Waals surface area contributed by atoms with E-state index in [4.69, 9.17) is 23.7 Å². The normalized spacial score (nSPS) is 25.5. The molecule has 0 radical (unpaired) electrons. The topological polar surface area (TPSA) is 111 Å². The van der Waals surface area contributed by atoms with Crippen LogP contribution in [0.15, 0.2) is 42.5 Å². The van der Waals surface area contributed by atoms with Crippen molar-refractivity contribution in [1.29, 1.82) is 0 Å². The molecule has 2 saturated heterocycles. The number of amides is 2.